The van der Waals surface area contributed by atoms with E-state index < -0.39 is 6.04 Å². The second kappa shape index (κ2) is 9.06. The fraction of sp³-hybridized carbons (Fsp3) is 0.148. The number of thiazole rings is 1. The highest BCUT2D eigenvalue weighted by molar-refractivity contribution is 7.07. The molecule has 7 nitrogen and oxygen atoms in total. The highest BCUT2D eigenvalue weighted by atomic mass is 35.5. The molecule has 37 heavy (non-hydrogen) atoms. The minimum Gasteiger partial charge on any atom is -0.458 e. The number of hydrogen-bond acceptors (Lipinski definition) is 7. The highest BCUT2D eigenvalue weighted by Crippen LogP contribution is 2.36. The quantitative estimate of drug-likeness (QED) is 0.351. The van der Waals surface area contributed by atoms with Crippen LogP contribution in [0, 0.1) is 0 Å². The van der Waals surface area contributed by atoms with Gasteiger partial charge in [-0.15, -0.1) is 0 Å². The van der Waals surface area contributed by atoms with Crippen molar-refractivity contribution in [2.75, 3.05) is 6.79 Å². The van der Waals surface area contributed by atoms with Crippen LogP contribution in [0.3, 0.4) is 0 Å². The Morgan fingerprint density at radius 2 is 1.89 bits per heavy atom. The predicted molar refractivity (Wildman–Crippen MR) is 141 cm³/mol. The molecule has 0 radical (unpaired) electrons. The van der Waals surface area contributed by atoms with Crippen molar-refractivity contribution >= 4 is 46.4 Å². The van der Waals surface area contributed by atoms with E-state index in [0.29, 0.717) is 53.7 Å². The summed E-state index contributed by atoms with van der Waals surface area (Å²) in [6.07, 6.45) is 1.78. The monoisotopic (exact) mass is 552 g/mol. The van der Waals surface area contributed by atoms with Gasteiger partial charge in [-0.25, -0.2) is 4.99 Å². The molecule has 0 saturated heterocycles. The Labute approximate surface area is 224 Å². The standard InChI is InChI=1S/C27H18Cl2N2O5S/c1-13-24(14(2)32)25(21-8-7-19(36-21)16-4-5-17(28)18(29)11-16)31-26(33)23(37-27(31)30-13)10-15-3-6-20-22(9-15)35-12-34-20/h3-11,25H,12H2,1-2H3/b23-10+/t25-/m0/s1. The second-order valence-corrected chi connectivity index (χ2v) is 10.4. The van der Waals surface area contributed by atoms with E-state index in [9.17, 15) is 9.59 Å². The number of aromatic nitrogens is 1. The van der Waals surface area contributed by atoms with E-state index in [-0.39, 0.29) is 18.1 Å². The van der Waals surface area contributed by atoms with Gasteiger partial charge in [-0.3, -0.25) is 14.2 Å². The molecule has 0 spiro atoms. The zero-order valence-corrected chi connectivity index (χ0v) is 21.9. The van der Waals surface area contributed by atoms with Crippen molar-refractivity contribution in [3.05, 3.63) is 101 Å². The Balaban J connectivity index is 1.49. The number of nitrogens with zero attached hydrogens (tertiary/aromatic N) is 2. The third-order valence-electron chi connectivity index (χ3n) is 6.20. The molecule has 2 aromatic carbocycles. The van der Waals surface area contributed by atoms with E-state index in [1.807, 2.05) is 12.1 Å². The van der Waals surface area contributed by atoms with Gasteiger partial charge >= 0.3 is 0 Å². The van der Waals surface area contributed by atoms with Crippen LogP contribution in [0.15, 0.2) is 74.0 Å². The summed E-state index contributed by atoms with van der Waals surface area (Å²) in [5, 5.41) is 0.831. The molecule has 4 aromatic rings. The van der Waals surface area contributed by atoms with Gasteiger partial charge in [-0.1, -0.05) is 40.6 Å². The van der Waals surface area contributed by atoms with Crippen LogP contribution in [0.4, 0.5) is 0 Å². The molecule has 2 aliphatic rings. The molecule has 0 aliphatic carbocycles. The molecule has 1 atom stereocenters. The zero-order chi connectivity index (χ0) is 25.8. The Hall–Kier alpha value is -3.59. The molecular formula is C27H18Cl2N2O5S. The smallest absolute Gasteiger partial charge is 0.271 e. The fourth-order valence-corrected chi connectivity index (χ4v) is 5.84. The summed E-state index contributed by atoms with van der Waals surface area (Å²) in [4.78, 5) is 31.5. The van der Waals surface area contributed by atoms with Gasteiger partial charge in [-0.2, -0.15) is 0 Å². The van der Waals surface area contributed by atoms with Gasteiger partial charge in [0.1, 0.15) is 17.6 Å². The summed E-state index contributed by atoms with van der Waals surface area (Å²) >= 11 is 13.5. The van der Waals surface area contributed by atoms with Crippen LogP contribution in [-0.4, -0.2) is 17.1 Å². The van der Waals surface area contributed by atoms with Crippen molar-refractivity contribution in [3.8, 4) is 22.8 Å². The van der Waals surface area contributed by atoms with Crippen LogP contribution in [0.25, 0.3) is 17.4 Å². The molecule has 0 amide bonds. The highest BCUT2D eigenvalue weighted by Gasteiger charge is 2.33. The minimum absolute atomic E-state index is 0.168. The van der Waals surface area contributed by atoms with Crippen molar-refractivity contribution in [1.29, 1.82) is 0 Å². The van der Waals surface area contributed by atoms with Crippen molar-refractivity contribution in [2.45, 2.75) is 19.9 Å². The van der Waals surface area contributed by atoms with Crippen LogP contribution in [0.1, 0.15) is 31.2 Å². The van der Waals surface area contributed by atoms with Crippen LogP contribution in [-0.2, 0) is 4.79 Å². The van der Waals surface area contributed by atoms with E-state index in [1.165, 1.54) is 22.8 Å². The summed E-state index contributed by atoms with van der Waals surface area (Å²) in [6.45, 7) is 3.40. The third kappa shape index (κ3) is 4.11. The maximum absolute atomic E-state index is 13.7. The van der Waals surface area contributed by atoms with Crippen LogP contribution < -0.4 is 24.4 Å². The fourth-order valence-electron chi connectivity index (χ4n) is 4.50. The molecule has 0 bridgehead atoms. The lowest BCUT2D eigenvalue weighted by molar-refractivity contribution is -0.114. The van der Waals surface area contributed by atoms with Crippen LogP contribution in [0.5, 0.6) is 11.5 Å². The molecule has 2 aromatic heterocycles. The topological polar surface area (TPSA) is 83.0 Å². The van der Waals surface area contributed by atoms with Gasteiger partial charge in [-0.05, 0) is 68.0 Å². The summed E-state index contributed by atoms with van der Waals surface area (Å²) in [5.74, 6) is 2.07. The van der Waals surface area contributed by atoms with E-state index in [1.54, 1.807) is 49.4 Å². The first-order valence-corrected chi connectivity index (χ1v) is 12.9. The number of ether oxygens (including phenoxy) is 2. The van der Waals surface area contributed by atoms with Crippen molar-refractivity contribution < 1.29 is 18.7 Å². The normalized spacial score (nSPS) is 16.6. The lowest BCUT2D eigenvalue weighted by Crippen LogP contribution is -2.39. The number of carbonyl (C=O) groups is 1. The van der Waals surface area contributed by atoms with E-state index in [2.05, 4.69) is 4.99 Å². The summed E-state index contributed by atoms with van der Waals surface area (Å²) in [6, 6.07) is 13.4. The number of allylic oxidation sites excluding steroid dienone is 2. The van der Waals surface area contributed by atoms with Gasteiger partial charge in [0.25, 0.3) is 5.56 Å². The molecule has 0 unspecified atom stereocenters. The zero-order valence-electron chi connectivity index (χ0n) is 19.6. The average Bonchev–Trinajstić information content (AvgIpc) is 3.59. The summed E-state index contributed by atoms with van der Waals surface area (Å²) in [5.41, 5.74) is 2.18. The molecule has 2 aliphatic heterocycles. The third-order valence-corrected chi connectivity index (χ3v) is 7.92. The second-order valence-electron chi connectivity index (χ2n) is 8.58. The summed E-state index contributed by atoms with van der Waals surface area (Å²) in [7, 11) is 0. The first-order valence-electron chi connectivity index (χ1n) is 11.3. The Kier molecular flexibility index (Phi) is 5.82. The lowest BCUT2D eigenvalue weighted by Gasteiger charge is -2.22. The minimum atomic E-state index is -0.760. The molecule has 0 N–H and O–H groups in total. The molecule has 10 heteroatoms. The summed E-state index contributed by atoms with van der Waals surface area (Å²) < 4.78 is 19.0. The predicted octanol–water partition coefficient (Wildman–Crippen LogP) is 5.12. The van der Waals surface area contributed by atoms with Crippen LogP contribution in [0.2, 0.25) is 10.0 Å². The number of carbonyl (C=O) groups excluding carboxylic acids is 1. The van der Waals surface area contributed by atoms with E-state index in [0.717, 1.165) is 11.1 Å². The molecule has 0 saturated carbocycles. The first-order chi connectivity index (χ1) is 17.8. The number of fused-ring (bicyclic) bond motifs is 2. The number of benzene rings is 2. The number of Topliss-reactive ketones (excluding diaryl/α,β-unsaturated/α-hetero) is 1. The van der Waals surface area contributed by atoms with Crippen molar-refractivity contribution in [3.63, 3.8) is 0 Å². The number of hydrogen-bond donors (Lipinski definition) is 0. The molecule has 4 heterocycles. The SMILES string of the molecule is CC(=O)C1=C(C)N=c2s/c(=C/c3ccc4c(c3)OCO4)c(=O)n2[C@H]1c1ccc(-c2ccc(Cl)c(Cl)c2)o1. The molecular weight excluding hydrogens is 535 g/mol. The Morgan fingerprint density at radius 1 is 1.08 bits per heavy atom. The van der Waals surface area contributed by atoms with Gasteiger partial charge < -0.3 is 13.9 Å². The number of rotatable bonds is 4. The van der Waals surface area contributed by atoms with Crippen molar-refractivity contribution in [2.24, 2.45) is 4.99 Å². The number of ketones is 1. The van der Waals surface area contributed by atoms with E-state index in [4.69, 9.17) is 37.1 Å². The largest absolute Gasteiger partial charge is 0.458 e. The van der Waals surface area contributed by atoms with Crippen molar-refractivity contribution in [1.82, 2.24) is 4.57 Å². The molecule has 186 valence electrons. The average molecular weight is 553 g/mol. The first kappa shape index (κ1) is 23.8. The van der Waals surface area contributed by atoms with E-state index >= 15 is 0 Å². The lowest BCUT2D eigenvalue weighted by atomic mass is 9.98. The van der Waals surface area contributed by atoms with Crippen LogP contribution >= 0.6 is 34.5 Å². The molecule has 6 rings (SSSR count). The Morgan fingerprint density at radius 3 is 2.68 bits per heavy atom. The van der Waals surface area contributed by atoms with Gasteiger partial charge in [0.15, 0.2) is 22.1 Å². The van der Waals surface area contributed by atoms with Gasteiger partial charge in [0.05, 0.1) is 14.6 Å². The number of halogens is 2. The maximum atomic E-state index is 13.7. The van der Waals surface area contributed by atoms with Gasteiger partial charge in [0.2, 0.25) is 6.79 Å². The van der Waals surface area contributed by atoms with Gasteiger partial charge in [0, 0.05) is 16.8 Å². The Bertz CT molecular complexity index is 1810. The number of furan rings is 1. The maximum Gasteiger partial charge on any atom is 0.271 e. The molecule has 0 fully saturated rings.